The van der Waals surface area contributed by atoms with Crippen molar-refractivity contribution < 1.29 is 9.53 Å². The maximum atomic E-state index is 10.5. The number of aromatic nitrogens is 1. The van der Waals surface area contributed by atoms with Gasteiger partial charge in [-0.2, -0.15) is 10.4 Å². The van der Waals surface area contributed by atoms with Crippen LogP contribution in [0.4, 0.5) is 4.79 Å². The Bertz CT molecular complexity index is 704. The molecular weight excluding hydrogens is 270 g/mol. The topological polar surface area (TPSA) is 113 Å². The van der Waals surface area contributed by atoms with E-state index in [4.69, 9.17) is 15.7 Å². The van der Waals surface area contributed by atoms with Gasteiger partial charge in [-0.25, -0.2) is 15.2 Å². The number of hydrazone groups is 1. The van der Waals surface area contributed by atoms with Gasteiger partial charge in [0, 0.05) is 6.20 Å². The van der Waals surface area contributed by atoms with Gasteiger partial charge in [-0.05, 0) is 42.0 Å². The third-order valence-electron chi connectivity index (χ3n) is 2.37. The fraction of sp³-hybridized carbons (Fsp3) is 0. The summed E-state index contributed by atoms with van der Waals surface area (Å²) in [4.78, 5) is 14.5. The highest BCUT2D eigenvalue weighted by Crippen LogP contribution is 2.22. The minimum absolute atomic E-state index is 0.247. The van der Waals surface area contributed by atoms with E-state index in [1.54, 1.807) is 42.6 Å². The molecule has 0 radical (unpaired) electrons. The Morgan fingerprint density at radius 2 is 2.14 bits per heavy atom. The predicted octanol–water partition coefficient (Wildman–Crippen LogP) is 1.75. The van der Waals surface area contributed by atoms with Crippen LogP contribution in [0.3, 0.4) is 0 Å². The molecule has 7 heteroatoms. The third-order valence-corrected chi connectivity index (χ3v) is 2.37. The number of pyridine rings is 1. The molecule has 0 aliphatic heterocycles. The van der Waals surface area contributed by atoms with Crippen molar-refractivity contribution in [2.75, 3.05) is 0 Å². The molecule has 1 heterocycles. The number of primary amides is 1. The normalized spacial score (nSPS) is 10.0. The molecule has 0 aliphatic carbocycles. The first-order valence-electron chi connectivity index (χ1n) is 5.90. The lowest BCUT2D eigenvalue weighted by molar-refractivity contribution is 0.249. The second kappa shape index (κ2) is 6.68. The molecule has 0 bridgehead atoms. The van der Waals surface area contributed by atoms with Crippen LogP contribution in [-0.4, -0.2) is 17.2 Å². The van der Waals surface area contributed by atoms with E-state index in [0.717, 1.165) is 5.56 Å². The number of carbonyl (C=O) groups is 1. The van der Waals surface area contributed by atoms with Crippen LogP contribution in [0.15, 0.2) is 47.7 Å². The first-order chi connectivity index (χ1) is 10.2. The molecule has 0 saturated heterocycles. The van der Waals surface area contributed by atoms with Gasteiger partial charge in [0.05, 0.1) is 6.21 Å². The SMILES string of the molecule is N#Cc1cccnc1Oc1ccc(C=NNC(N)=O)cc1. The van der Waals surface area contributed by atoms with Crippen LogP contribution in [0.2, 0.25) is 0 Å². The number of nitrogens with two attached hydrogens (primary N) is 1. The standard InChI is InChI=1S/C14H11N5O2/c15-8-11-2-1-7-17-13(11)21-12-5-3-10(4-6-12)9-18-19-14(16)20/h1-7,9H,(H3,16,19,20). The average Bonchev–Trinajstić information content (AvgIpc) is 2.49. The maximum Gasteiger partial charge on any atom is 0.332 e. The van der Waals surface area contributed by atoms with E-state index in [0.29, 0.717) is 11.3 Å². The van der Waals surface area contributed by atoms with Gasteiger partial charge >= 0.3 is 6.03 Å². The van der Waals surface area contributed by atoms with Crippen molar-refractivity contribution in [1.29, 1.82) is 5.26 Å². The zero-order valence-corrected chi connectivity index (χ0v) is 10.9. The fourth-order valence-electron chi connectivity index (χ4n) is 1.46. The van der Waals surface area contributed by atoms with E-state index in [-0.39, 0.29) is 5.88 Å². The number of benzene rings is 1. The molecule has 0 atom stereocenters. The zero-order valence-electron chi connectivity index (χ0n) is 10.9. The van der Waals surface area contributed by atoms with Gasteiger partial charge in [-0.3, -0.25) is 0 Å². The van der Waals surface area contributed by atoms with Crippen molar-refractivity contribution in [1.82, 2.24) is 10.4 Å². The molecule has 21 heavy (non-hydrogen) atoms. The summed E-state index contributed by atoms with van der Waals surface area (Å²) < 4.78 is 5.53. The minimum Gasteiger partial charge on any atom is -0.438 e. The molecule has 1 aromatic carbocycles. The van der Waals surface area contributed by atoms with Gasteiger partial charge < -0.3 is 10.5 Å². The quantitative estimate of drug-likeness (QED) is 0.656. The number of nitrogens with one attached hydrogen (secondary N) is 1. The monoisotopic (exact) mass is 281 g/mol. The molecule has 0 aliphatic rings. The molecule has 0 spiro atoms. The molecule has 2 amide bonds. The summed E-state index contributed by atoms with van der Waals surface area (Å²) in [6.45, 7) is 0. The number of hydrogen-bond acceptors (Lipinski definition) is 5. The summed E-state index contributed by atoms with van der Waals surface area (Å²) in [7, 11) is 0. The second-order valence-electron chi connectivity index (χ2n) is 3.87. The number of nitrogens with zero attached hydrogens (tertiary/aromatic N) is 3. The highest BCUT2D eigenvalue weighted by Gasteiger charge is 2.04. The molecule has 0 fully saturated rings. The summed E-state index contributed by atoms with van der Waals surface area (Å²) in [6, 6.07) is 11.4. The van der Waals surface area contributed by atoms with Gasteiger partial charge in [-0.1, -0.05) is 0 Å². The largest absolute Gasteiger partial charge is 0.438 e. The van der Waals surface area contributed by atoms with Crippen LogP contribution in [-0.2, 0) is 0 Å². The Labute approximate surface area is 120 Å². The highest BCUT2D eigenvalue weighted by molar-refractivity contribution is 5.81. The molecule has 2 rings (SSSR count). The molecule has 3 N–H and O–H groups in total. The molecular formula is C14H11N5O2. The summed E-state index contributed by atoms with van der Waals surface area (Å²) in [5.41, 5.74) is 8.07. The lowest BCUT2D eigenvalue weighted by Crippen LogP contribution is -2.24. The van der Waals surface area contributed by atoms with Crippen molar-refractivity contribution >= 4 is 12.2 Å². The predicted molar refractivity (Wildman–Crippen MR) is 75.8 cm³/mol. The lowest BCUT2D eigenvalue weighted by atomic mass is 10.2. The van der Waals surface area contributed by atoms with Gasteiger partial charge in [0.2, 0.25) is 5.88 Å². The van der Waals surface area contributed by atoms with Gasteiger partial charge in [0.15, 0.2) is 0 Å². The number of amides is 2. The molecule has 1 aromatic heterocycles. The summed E-state index contributed by atoms with van der Waals surface area (Å²) in [5.74, 6) is 0.780. The first kappa shape index (κ1) is 14.0. The molecule has 2 aromatic rings. The average molecular weight is 281 g/mol. The number of urea groups is 1. The van der Waals surface area contributed by atoms with Gasteiger partial charge in [0.25, 0.3) is 0 Å². The summed E-state index contributed by atoms with van der Waals surface area (Å²) >= 11 is 0. The smallest absolute Gasteiger partial charge is 0.332 e. The first-order valence-corrected chi connectivity index (χ1v) is 5.90. The Balaban J connectivity index is 2.08. The zero-order chi connectivity index (χ0) is 15.1. The van der Waals surface area contributed by atoms with Crippen molar-refractivity contribution in [3.05, 3.63) is 53.7 Å². The van der Waals surface area contributed by atoms with E-state index in [9.17, 15) is 4.79 Å². The van der Waals surface area contributed by atoms with Crippen LogP contribution in [0.5, 0.6) is 11.6 Å². The number of hydrogen-bond donors (Lipinski definition) is 2. The molecule has 104 valence electrons. The Morgan fingerprint density at radius 3 is 2.81 bits per heavy atom. The van der Waals surface area contributed by atoms with Gasteiger partial charge in [-0.15, -0.1) is 0 Å². The van der Waals surface area contributed by atoms with Crippen molar-refractivity contribution in [2.24, 2.45) is 10.8 Å². The van der Waals surface area contributed by atoms with E-state index >= 15 is 0 Å². The van der Waals surface area contributed by atoms with Crippen LogP contribution in [0, 0.1) is 11.3 Å². The Kier molecular flexibility index (Phi) is 4.46. The van der Waals surface area contributed by atoms with E-state index in [1.165, 1.54) is 6.21 Å². The summed E-state index contributed by atoms with van der Waals surface area (Å²) in [5, 5.41) is 12.6. The van der Waals surface area contributed by atoms with Crippen LogP contribution in [0.25, 0.3) is 0 Å². The van der Waals surface area contributed by atoms with E-state index in [1.807, 2.05) is 6.07 Å². The van der Waals surface area contributed by atoms with E-state index in [2.05, 4.69) is 15.5 Å². The highest BCUT2D eigenvalue weighted by atomic mass is 16.5. The lowest BCUT2D eigenvalue weighted by Gasteiger charge is -2.05. The second-order valence-corrected chi connectivity index (χ2v) is 3.87. The van der Waals surface area contributed by atoms with Crippen LogP contribution < -0.4 is 15.9 Å². The number of carbonyl (C=O) groups excluding carboxylic acids is 1. The third kappa shape index (κ3) is 4.04. The van der Waals surface area contributed by atoms with Crippen LogP contribution >= 0.6 is 0 Å². The van der Waals surface area contributed by atoms with E-state index < -0.39 is 6.03 Å². The molecule has 7 nitrogen and oxygen atoms in total. The van der Waals surface area contributed by atoms with Gasteiger partial charge in [0.1, 0.15) is 17.4 Å². The fourth-order valence-corrected chi connectivity index (χ4v) is 1.46. The Morgan fingerprint density at radius 1 is 1.38 bits per heavy atom. The minimum atomic E-state index is -0.731. The number of ether oxygens (including phenoxy) is 1. The van der Waals surface area contributed by atoms with Crippen LogP contribution in [0.1, 0.15) is 11.1 Å². The maximum absolute atomic E-state index is 10.5. The molecule has 0 unspecified atom stereocenters. The van der Waals surface area contributed by atoms with Crippen molar-refractivity contribution in [2.45, 2.75) is 0 Å². The molecule has 0 saturated carbocycles. The van der Waals surface area contributed by atoms with Crippen molar-refractivity contribution in [3.8, 4) is 17.7 Å². The van der Waals surface area contributed by atoms with Crippen molar-refractivity contribution in [3.63, 3.8) is 0 Å². The number of rotatable bonds is 4. The summed E-state index contributed by atoms with van der Waals surface area (Å²) in [6.07, 6.45) is 2.99. The number of nitriles is 1. The Hall–Kier alpha value is -3.40.